The predicted molar refractivity (Wildman–Crippen MR) is 131 cm³/mol. The molecule has 1 aliphatic rings. The maximum atomic E-state index is 13.3. The maximum Gasteiger partial charge on any atom is 0.255 e. The van der Waals surface area contributed by atoms with Crippen LogP contribution in [0.4, 0.5) is 5.82 Å². The van der Waals surface area contributed by atoms with Gasteiger partial charge in [0.1, 0.15) is 18.0 Å². The molecule has 0 aliphatic carbocycles. The summed E-state index contributed by atoms with van der Waals surface area (Å²) in [6.07, 6.45) is 5.83. The van der Waals surface area contributed by atoms with Gasteiger partial charge in [-0.1, -0.05) is 24.6 Å². The van der Waals surface area contributed by atoms with Crippen molar-refractivity contribution < 1.29 is 4.79 Å². The molecule has 0 spiro atoms. The molecule has 0 atom stereocenters. The van der Waals surface area contributed by atoms with Crippen LogP contribution in [0, 0.1) is 6.92 Å². The summed E-state index contributed by atoms with van der Waals surface area (Å²) >= 11 is 6.65. The number of nitrogen functional groups attached to an aromatic ring is 1. The quantitative estimate of drug-likeness (QED) is 0.477. The molecule has 4 aromatic rings. The Bertz CT molecular complexity index is 1380. The average molecular weight is 474 g/mol. The fraction of sp³-hybridized carbons (Fsp3) is 0.240. The molecule has 0 bridgehead atoms. The number of hydrogen-bond acceptors (Lipinski definition) is 6. The summed E-state index contributed by atoms with van der Waals surface area (Å²) in [5.41, 5.74) is 11.5. The van der Waals surface area contributed by atoms with Gasteiger partial charge in [0.15, 0.2) is 0 Å². The third-order valence-corrected chi connectivity index (χ3v) is 6.47. The Labute approximate surface area is 202 Å². The lowest BCUT2D eigenvalue weighted by molar-refractivity contribution is 0.0707. The first kappa shape index (κ1) is 22.0. The van der Waals surface area contributed by atoms with Gasteiger partial charge in [-0.25, -0.2) is 19.9 Å². The Morgan fingerprint density at radius 2 is 1.88 bits per heavy atom. The smallest absolute Gasteiger partial charge is 0.255 e. The normalized spacial score (nSPS) is 13.1. The van der Waals surface area contributed by atoms with Crippen molar-refractivity contribution in [2.45, 2.75) is 33.4 Å². The maximum absolute atomic E-state index is 13.3. The fourth-order valence-corrected chi connectivity index (χ4v) is 4.62. The Morgan fingerprint density at radius 3 is 2.62 bits per heavy atom. The van der Waals surface area contributed by atoms with Gasteiger partial charge in [-0.3, -0.25) is 4.79 Å². The van der Waals surface area contributed by atoms with Crippen LogP contribution >= 0.6 is 11.6 Å². The van der Waals surface area contributed by atoms with Gasteiger partial charge in [-0.2, -0.15) is 0 Å². The summed E-state index contributed by atoms with van der Waals surface area (Å²) in [6, 6.07) is 9.10. The molecular weight excluding hydrogens is 450 g/mol. The molecule has 1 amide bonds. The lowest BCUT2D eigenvalue weighted by atomic mass is 9.97. The minimum atomic E-state index is -0.108. The number of rotatable bonds is 4. The molecule has 0 saturated heterocycles. The Morgan fingerprint density at radius 1 is 1.06 bits per heavy atom. The van der Waals surface area contributed by atoms with Crippen LogP contribution in [0.5, 0.6) is 0 Å². The van der Waals surface area contributed by atoms with Crippen molar-refractivity contribution in [2.75, 3.05) is 12.3 Å². The second-order valence-electron chi connectivity index (χ2n) is 8.26. The standard InChI is InChI=1S/C25H24ClN7O/c1-3-20-23(17-5-7-21(27)28-12-17)24(31-14-30-20)16-4-6-18(19(26)10-16)25(34)32-8-9-33-15(2)11-29-22(33)13-32/h4-7,10-12,14H,3,8-9,13H2,1-2H3,(H2,27,28). The van der Waals surface area contributed by atoms with E-state index in [1.165, 1.54) is 0 Å². The van der Waals surface area contributed by atoms with Gasteiger partial charge in [0.25, 0.3) is 5.91 Å². The number of benzene rings is 1. The second-order valence-corrected chi connectivity index (χ2v) is 8.67. The van der Waals surface area contributed by atoms with Gasteiger partial charge in [0.2, 0.25) is 0 Å². The fourth-order valence-electron chi connectivity index (χ4n) is 4.36. The first-order valence-electron chi connectivity index (χ1n) is 11.1. The molecule has 8 nitrogen and oxygen atoms in total. The van der Waals surface area contributed by atoms with E-state index in [9.17, 15) is 4.79 Å². The summed E-state index contributed by atoms with van der Waals surface area (Å²) in [4.78, 5) is 32.7. The number of imidazole rings is 1. The zero-order valence-corrected chi connectivity index (χ0v) is 19.8. The van der Waals surface area contributed by atoms with E-state index in [0.29, 0.717) is 29.5 Å². The summed E-state index contributed by atoms with van der Waals surface area (Å²) in [5, 5.41) is 0.380. The number of fused-ring (bicyclic) bond motifs is 1. The highest BCUT2D eigenvalue weighted by molar-refractivity contribution is 6.34. The van der Waals surface area contributed by atoms with E-state index < -0.39 is 0 Å². The van der Waals surface area contributed by atoms with Gasteiger partial charge in [0, 0.05) is 47.9 Å². The lowest BCUT2D eigenvalue weighted by Gasteiger charge is -2.28. The van der Waals surface area contributed by atoms with Crippen LogP contribution in [0.3, 0.4) is 0 Å². The molecule has 0 saturated carbocycles. The minimum Gasteiger partial charge on any atom is -0.384 e. The average Bonchev–Trinajstić information content (AvgIpc) is 3.23. The molecule has 0 fully saturated rings. The van der Waals surface area contributed by atoms with Gasteiger partial charge in [-0.05, 0) is 37.6 Å². The number of amides is 1. The zero-order valence-electron chi connectivity index (χ0n) is 19.0. The van der Waals surface area contributed by atoms with Crippen LogP contribution in [0.15, 0.2) is 49.1 Å². The van der Waals surface area contributed by atoms with Gasteiger partial charge >= 0.3 is 0 Å². The number of carbonyl (C=O) groups excluding carboxylic acids is 1. The van der Waals surface area contributed by atoms with Crippen molar-refractivity contribution in [3.63, 3.8) is 0 Å². The van der Waals surface area contributed by atoms with Gasteiger partial charge < -0.3 is 15.2 Å². The molecule has 172 valence electrons. The van der Waals surface area contributed by atoms with E-state index in [0.717, 1.165) is 52.6 Å². The van der Waals surface area contributed by atoms with Crippen LogP contribution in [-0.2, 0) is 19.5 Å². The second kappa shape index (κ2) is 8.87. The van der Waals surface area contributed by atoms with E-state index in [-0.39, 0.29) is 5.91 Å². The molecule has 0 unspecified atom stereocenters. The predicted octanol–water partition coefficient (Wildman–Crippen LogP) is 4.16. The number of pyridine rings is 1. The molecule has 4 heterocycles. The number of nitrogens with two attached hydrogens (primary N) is 1. The monoisotopic (exact) mass is 473 g/mol. The summed E-state index contributed by atoms with van der Waals surface area (Å²) in [6.45, 7) is 5.87. The van der Waals surface area contributed by atoms with Crippen LogP contribution in [0.1, 0.15) is 34.5 Å². The van der Waals surface area contributed by atoms with Crippen molar-refractivity contribution >= 4 is 23.3 Å². The van der Waals surface area contributed by atoms with Crippen LogP contribution < -0.4 is 5.73 Å². The van der Waals surface area contributed by atoms with E-state index in [1.54, 1.807) is 35.6 Å². The number of nitrogens with zero attached hydrogens (tertiary/aromatic N) is 6. The van der Waals surface area contributed by atoms with E-state index in [1.807, 2.05) is 32.2 Å². The molecule has 9 heteroatoms. The van der Waals surface area contributed by atoms with Crippen molar-refractivity contribution in [1.29, 1.82) is 0 Å². The van der Waals surface area contributed by atoms with Crippen LogP contribution in [0.25, 0.3) is 22.4 Å². The first-order valence-corrected chi connectivity index (χ1v) is 11.5. The molecule has 2 N–H and O–H groups in total. The Balaban J connectivity index is 1.49. The SMILES string of the molecule is CCc1ncnc(-c2ccc(C(=O)N3CCn4c(C)cnc4C3)c(Cl)c2)c1-c1ccc(N)nc1. The lowest BCUT2D eigenvalue weighted by Crippen LogP contribution is -2.38. The number of halogens is 1. The molecule has 5 rings (SSSR count). The largest absolute Gasteiger partial charge is 0.384 e. The molecule has 34 heavy (non-hydrogen) atoms. The third kappa shape index (κ3) is 3.90. The molecule has 0 radical (unpaired) electrons. The third-order valence-electron chi connectivity index (χ3n) is 6.16. The highest BCUT2D eigenvalue weighted by Crippen LogP contribution is 2.35. The van der Waals surface area contributed by atoms with Crippen molar-refractivity contribution in [1.82, 2.24) is 29.4 Å². The van der Waals surface area contributed by atoms with Crippen molar-refractivity contribution in [3.8, 4) is 22.4 Å². The Hall–Kier alpha value is -3.78. The highest BCUT2D eigenvalue weighted by atomic mass is 35.5. The number of carbonyl (C=O) groups is 1. The van der Waals surface area contributed by atoms with Crippen molar-refractivity contribution in [2.24, 2.45) is 0 Å². The number of aryl methyl sites for hydroxylation is 2. The van der Waals surface area contributed by atoms with Crippen LogP contribution in [-0.4, -0.2) is 41.9 Å². The van der Waals surface area contributed by atoms with E-state index in [2.05, 4.69) is 24.5 Å². The molecular formula is C25H24ClN7O. The molecule has 1 aliphatic heterocycles. The molecule has 1 aromatic carbocycles. The summed E-state index contributed by atoms with van der Waals surface area (Å²) < 4.78 is 2.14. The number of aromatic nitrogens is 5. The number of hydrogen-bond donors (Lipinski definition) is 1. The minimum absolute atomic E-state index is 0.108. The summed E-state index contributed by atoms with van der Waals surface area (Å²) in [7, 11) is 0. The Kier molecular flexibility index (Phi) is 5.75. The zero-order chi connectivity index (χ0) is 23.8. The highest BCUT2D eigenvalue weighted by Gasteiger charge is 2.25. The van der Waals surface area contributed by atoms with Gasteiger partial charge in [0.05, 0.1) is 28.5 Å². The van der Waals surface area contributed by atoms with Crippen LogP contribution in [0.2, 0.25) is 5.02 Å². The summed E-state index contributed by atoms with van der Waals surface area (Å²) in [5.74, 6) is 1.23. The van der Waals surface area contributed by atoms with E-state index >= 15 is 0 Å². The molecule has 3 aromatic heterocycles. The first-order chi connectivity index (χ1) is 16.5. The topological polar surface area (TPSA) is 103 Å². The van der Waals surface area contributed by atoms with Gasteiger partial charge in [-0.15, -0.1) is 0 Å². The number of anilines is 1. The van der Waals surface area contributed by atoms with E-state index in [4.69, 9.17) is 17.3 Å². The van der Waals surface area contributed by atoms with Crippen molar-refractivity contribution in [3.05, 3.63) is 76.9 Å².